The fourth-order valence-electron chi connectivity index (χ4n) is 3.62. The van der Waals surface area contributed by atoms with Crippen LogP contribution >= 0.6 is 0 Å². The summed E-state index contributed by atoms with van der Waals surface area (Å²) in [4.78, 5) is 23.6. The lowest BCUT2D eigenvalue weighted by molar-refractivity contribution is -0.159. The van der Waals surface area contributed by atoms with Gasteiger partial charge in [-0.05, 0) is 41.0 Å². The Hall–Kier alpha value is -2.62. The standard InChI is InChI=1S/C20H18O4/c21-19(22)18(12-9-10-12)20(23)24-11-17-15-7-3-1-5-13(15)14-6-2-4-8-16(14)17/h1-8,12,17-18H,9-11H2,(H,21,22). The lowest BCUT2D eigenvalue weighted by Crippen LogP contribution is -2.28. The third-order valence-corrected chi connectivity index (χ3v) is 4.97. The largest absolute Gasteiger partial charge is 0.481 e. The summed E-state index contributed by atoms with van der Waals surface area (Å²) in [5, 5.41) is 9.26. The smallest absolute Gasteiger partial charge is 0.320 e. The lowest BCUT2D eigenvalue weighted by atomic mass is 9.98. The summed E-state index contributed by atoms with van der Waals surface area (Å²) < 4.78 is 5.44. The zero-order valence-corrected chi connectivity index (χ0v) is 13.1. The highest BCUT2D eigenvalue weighted by Crippen LogP contribution is 2.45. The van der Waals surface area contributed by atoms with Crippen molar-refractivity contribution in [1.82, 2.24) is 0 Å². The topological polar surface area (TPSA) is 63.6 Å². The van der Waals surface area contributed by atoms with Crippen LogP contribution in [0.4, 0.5) is 0 Å². The second-order valence-electron chi connectivity index (χ2n) is 6.51. The average Bonchev–Trinajstić information content (AvgIpc) is 3.35. The zero-order valence-electron chi connectivity index (χ0n) is 13.1. The molecule has 2 aromatic rings. The van der Waals surface area contributed by atoms with Gasteiger partial charge in [-0.15, -0.1) is 0 Å². The Balaban J connectivity index is 1.56. The average molecular weight is 322 g/mol. The van der Waals surface area contributed by atoms with E-state index in [-0.39, 0.29) is 18.4 Å². The molecule has 0 saturated heterocycles. The normalized spacial score (nSPS) is 17.0. The van der Waals surface area contributed by atoms with Gasteiger partial charge in [0.05, 0.1) is 0 Å². The van der Waals surface area contributed by atoms with Crippen LogP contribution in [0.5, 0.6) is 0 Å². The minimum absolute atomic E-state index is 0.0324. The molecule has 2 aliphatic carbocycles. The molecule has 2 aliphatic rings. The fraction of sp³-hybridized carbons (Fsp3) is 0.300. The molecule has 1 unspecified atom stereocenters. The Morgan fingerprint density at radius 3 is 2.04 bits per heavy atom. The van der Waals surface area contributed by atoms with Gasteiger partial charge in [0, 0.05) is 5.92 Å². The fourth-order valence-corrected chi connectivity index (χ4v) is 3.62. The first kappa shape index (κ1) is 14.9. The van der Waals surface area contributed by atoms with Gasteiger partial charge in [-0.25, -0.2) is 0 Å². The molecular formula is C20H18O4. The molecular weight excluding hydrogens is 304 g/mol. The summed E-state index contributed by atoms with van der Waals surface area (Å²) in [5.74, 6) is -2.79. The molecule has 1 atom stereocenters. The van der Waals surface area contributed by atoms with Gasteiger partial charge in [-0.2, -0.15) is 0 Å². The molecule has 1 fully saturated rings. The Morgan fingerprint density at radius 2 is 1.54 bits per heavy atom. The van der Waals surface area contributed by atoms with E-state index < -0.39 is 17.9 Å². The summed E-state index contributed by atoms with van der Waals surface area (Å²) in [5.41, 5.74) is 4.58. The number of benzene rings is 2. The number of carbonyl (C=O) groups excluding carboxylic acids is 1. The molecule has 4 rings (SSSR count). The molecule has 1 saturated carbocycles. The van der Waals surface area contributed by atoms with E-state index in [2.05, 4.69) is 12.1 Å². The van der Waals surface area contributed by atoms with E-state index in [0.717, 1.165) is 35.1 Å². The minimum atomic E-state index is -1.07. The van der Waals surface area contributed by atoms with Crippen molar-refractivity contribution in [3.05, 3.63) is 59.7 Å². The minimum Gasteiger partial charge on any atom is -0.481 e. The van der Waals surface area contributed by atoms with Gasteiger partial charge in [-0.3, -0.25) is 9.59 Å². The summed E-state index contributed by atoms with van der Waals surface area (Å²) in [7, 11) is 0. The predicted molar refractivity (Wildman–Crippen MR) is 88.5 cm³/mol. The van der Waals surface area contributed by atoms with Crippen LogP contribution in [-0.2, 0) is 14.3 Å². The van der Waals surface area contributed by atoms with E-state index >= 15 is 0 Å². The number of aliphatic carboxylic acids is 1. The van der Waals surface area contributed by atoms with E-state index in [1.165, 1.54) is 0 Å². The van der Waals surface area contributed by atoms with Gasteiger partial charge in [0.2, 0.25) is 0 Å². The maximum Gasteiger partial charge on any atom is 0.320 e. The van der Waals surface area contributed by atoms with E-state index in [1.807, 2.05) is 36.4 Å². The number of hydrogen-bond donors (Lipinski definition) is 1. The van der Waals surface area contributed by atoms with Crippen molar-refractivity contribution in [2.24, 2.45) is 11.8 Å². The van der Waals surface area contributed by atoms with Crippen molar-refractivity contribution in [3.8, 4) is 11.1 Å². The molecule has 0 aromatic heterocycles. The van der Waals surface area contributed by atoms with Crippen LogP contribution in [0.3, 0.4) is 0 Å². The quantitative estimate of drug-likeness (QED) is 0.676. The van der Waals surface area contributed by atoms with Crippen LogP contribution in [0.15, 0.2) is 48.5 Å². The van der Waals surface area contributed by atoms with Gasteiger partial charge in [0.15, 0.2) is 5.92 Å². The van der Waals surface area contributed by atoms with Crippen LogP contribution in [0.2, 0.25) is 0 Å². The number of carboxylic acid groups (broad SMARTS) is 1. The van der Waals surface area contributed by atoms with Crippen LogP contribution in [0.25, 0.3) is 11.1 Å². The molecule has 0 amide bonds. The van der Waals surface area contributed by atoms with Crippen molar-refractivity contribution < 1.29 is 19.4 Å². The van der Waals surface area contributed by atoms with Gasteiger partial charge in [0.1, 0.15) is 6.61 Å². The number of ether oxygens (including phenoxy) is 1. The van der Waals surface area contributed by atoms with Crippen LogP contribution in [0, 0.1) is 11.8 Å². The second kappa shape index (κ2) is 5.78. The highest BCUT2D eigenvalue weighted by atomic mass is 16.5. The molecule has 122 valence electrons. The lowest BCUT2D eigenvalue weighted by Gasteiger charge is -2.16. The second-order valence-corrected chi connectivity index (χ2v) is 6.51. The van der Waals surface area contributed by atoms with E-state index in [0.29, 0.717) is 0 Å². The van der Waals surface area contributed by atoms with Crippen LogP contribution in [-0.4, -0.2) is 23.7 Å². The number of fused-ring (bicyclic) bond motifs is 3. The SMILES string of the molecule is O=C(O)C(C(=O)OCC1c2ccccc2-c2ccccc21)C1CC1. The maximum absolute atomic E-state index is 12.2. The zero-order chi connectivity index (χ0) is 16.7. The predicted octanol–water partition coefficient (Wildman–Crippen LogP) is 3.45. The summed E-state index contributed by atoms with van der Waals surface area (Å²) in [6.07, 6.45) is 1.59. The number of esters is 1. The molecule has 0 aliphatic heterocycles. The molecule has 4 nitrogen and oxygen atoms in total. The first-order valence-electron chi connectivity index (χ1n) is 8.24. The third kappa shape index (κ3) is 2.48. The Morgan fingerprint density at radius 1 is 1.00 bits per heavy atom. The van der Waals surface area contributed by atoms with Gasteiger partial charge >= 0.3 is 11.9 Å². The highest BCUT2D eigenvalue weighted by molar-refractivity contribution is 5.94. The van der Waals surface area contributed by atoms with Crippen molar-refractivity contribution in [3.63, 3.8) is 0 Å². The van der Waals surface area contributed by atoms with E-state index in [1.54, 1.807) is 0 Å². The molecule has 0 radical (unpaired) electrons. The van der Waals surface area contributed by atoms with Gasteiger partial charge in [-0.1, -0.05) is 48.5 Å². The molecule has 0 heterocycles. The van der Waals surface area contributed by atoms with Crippen molar-refractivity contribution >= 4 is 11.9 Å². The van der Waals surface area contributed by atoms with Gasteiger partial charge in [0.25, 0.3) is 0 Å². The number of rotatable bonds is 5. The number of carbonyl (C=O) groups is 2. The van der Waals surface area contributed by atoms with Crippen molar-refractivity contribution in [2.75, 3.05) is 6.61 Å². The molecule has 24 heavy (non-hydrogen) atoms. The number of hydrogen-bond acceptors (Lipinski definition) is 3. The van der Waals surface area contributed by atoms with E-state index in [9.17, 15) is 14.7 Å². The molecule has 0 spiro atoms. The highest BCUT2D eigenvalue weighted by Gasteiger charge is 2.43. The third-order valence-electron chi connectivity index (χ3n) is 4.97. The summed E-state index contributed by atoms with van der Waals surface area (Å²) in [6, 6.07) is 16.2. The van der Waals surface area contributed by atoms with E-state index in [4.69, 9.17) is 4.74 Å². The van der Waals surface area contributed by atoms with Crippen molar-refractivity contribution in [1.29, 1.82) is 0 Å². The Kier molecular flexibility index (Phi) is 3.60. The Bertz CT molecular complexity index is 761. The monoisotopic (exact) mass is 322 g/mol. The van der Waals surface area contributed by atoms with Crippen molar-refractivity contribution in [2.45, 2.75) is 18.8 Å². The number of carboxylic acids is 1. The van der Waals surface area contributed by atoms with Crippen LogP contribution < -0.4 is 0 Å². The molecule has 4 heteroatoms. The molecule has 1 N–H and O–H groups in total. The first-order chi connectivity index (χ1) is 11.7. The molecule has 0 bridgehead atoms. The maximum atomic E-state index is 12.2. The molecule has 2 aromatic carbocycles. The first-order valence-corrected chi connectivity index (χ1v) is 8.24. The van der Waals surface area contributed by atoms with Gasteiger partial charge < -0.3 is 9.84 Å². The van der Waals surface area contributed by atoms with Crippen LogP contribution in [0.1, 0.15) is 29.9 Å². The summed E-state index contributed by atoms with van der Waals surface area (Å²) >= 11 is 0. The Labute approximate surface area is 140 Å². The summed E-state index contributed by atoms with van der Waals surface area (Å²) in [6.45, 7) is 0.184.